The van der Waals surface area contributed by atoms with Crippen molar-refractivity contribution < 1.29 is 47.6 Å². The summed E-state index contributed by atoms with van der Waals surface area (Å²) in [6, 6.07) is 0. The molecule has 0 aliphatic rings. The number of hydrogen-bond donors (Lipinski definition) is 0. The van der Waals surface area contributed by atoms with E-state index >= 15 is 0 Å². The SMILES string of the molecule is C=C(C)C(=O)OCCOCCOC(=O)CCC(=O)OCCOCCOC(=O)C(=C)C. The molecule has 0 unspecified atom stereocenters. The summed E-state index contributed by atoms with van der Waals surface area (Å²) in [4.78, 5) is 45.2. The summed E-state index contributed by atoms with van der Waals surface area (Å²) in [6.07, 6.45) is -0.237. The van der Waals surface area contributed by atoms with Gasteiger partial charge in [0.15, 0.2) is 0 Å². The molecule has 0 atom stereocenters. The molecule has 0 bridgehead atoms. The molecule has 0 N–H and O–H groups in total. The first-order valence-electron chi connectivity index (χ1n) is 9.36. The standard InChI is InChI=1S/C20H30O10/c1-15(2)19(23)29-13-9-25-7-11-27-17(21)5-6-18(22)28-12-8-26-10-14-30-20(24)16(3)4/h1,3,5-14H2,2,4H3. The maximum atomic E-state index is 11.5. The van der Waals surface area contributed by atoms with Crippen LogP contribution in [0.1, 0.15) is 26.7 Å². The van der Waals surface area contributed by atoms with Gasteiger partial charge in [-0.1, -0.05) is 13.2 Å². The van der Waals surface area contributed by atoms with Crippen LogP contribution < -0.4 is 0 Å². The molecule has 10 heteroatoms. The van der Waals surface area contributed by atoms with E-state index in [0.717, 1.165) is 0 Å². The molecular weight excluding hydrogens is 400 g/mol. The molecule has 0 heterocycles. The van der Waals surface area contributed by atoms with Crippen molar-refractivity contribution >= 4 is 23.9 Å². The number of carbonyl (C=O) groups is 4. The second kappa shape index (κ2) is 17.2. The van der Waals surface area contributed by atoms with Gasteiger partial charge in [-0.3, -0.25) is 9.59 Å². The zero-order valence-electron chi connectivity index (χ0n) is 17.6. The van der Waals surface area contributed by atoms with E-state index < -0.39 is 23.9 Å². The minimum atomic E-state index is -0.556. The summed E-state index contributed by atoms with van der Waals surface area (Å²) in [5.41, 5.74) is 0.605. The predicted octanol–water partition coefficient (Wildman–Crippen LogP) is 1.12. The fraction of sp³-hybridized carbons (Fsp3) is 0.600. The lowest BCUT2D eigenvalue weighted by Gasteiger charge is -2.08. The summed E-state index contributed by atoms with van der Waals surface area (Å²) in [7, 11) is 0. The average molecular weight is 430 g/mol. The van der Waals surface area contributed by atoms with Crippen molar-refractivity contribution in [3.63, 3.8) is 0 Å². The van der Waals surface area contributed by atoms with Gasteiger partial charge < -0.3 is 28.4 Å². The monoisotopic (exact) mass is 430 g/mol. The van der Waals surface area contributed by atoms with Gasteiger partial charge >= 0.3 is 23.9 Å². The molecule has 0 radical (unpaired) electrons. The van der Waals surface area contributed by atoms with Crippen molar-refractivity contribution in [2.45, 2.75) is 26.7 Å². The Hall–Kier alpha value is -2.72. The van der Waals surface area contributed by atoms with E-state index in [0.29, 0.717) is 11.1 Å². The van der Waals surface area contributed by atoms with E-state index in [2.05, 4.69) is 13.2 Å². The molecule has 0 aromatic rings. The number of esters is 4. The molecule has 0 saturated carbocycles. The lowest BCUT2D eigenvalue weighted by atomic mass is 10.3. The van der Waals surface area contributed by atoms with Gasteiger partial charge in [0, 0.05) is 11.1 Å². The smallest absolute Gasteiger partial charge is 0.333 e. The molecular formula is C20H30O10. The molecule has 0 amide bonds. The van der Waals surface area contributed by atoms with E-state index in [1.54, 1.807) is 13.8 Å². The topological polar surface area (TPSA) is 124 Å². The Morgan fingerprint density at radius 2 is 0.833 bits per heavy atom. The zero-order chi connectivity index (χ0) is 22.8. The number of hydrogen-bond acceptors (Lipinski definition) is 10. The summed E-state index contributed by atoms with van der Waals surface area (Å²) in [6.45, 7) is 10.8. The first-order chi connectivity index (χ1) is 14.2. The second-order valence-corrected chi connectivity index (χ2v) is 6.00. The quantitative estimate of drug-likeness (QED) is 0.143. The molecule has 0 spiro atoms. The second-order valence-electron chi connectivity index (χ2n) is 6.00. The van der Waals surface area contributed by atoms with Crippen molar-refractivity contribution in [1.82, 2.24) is 0 Å². The third-order valence-electron chi connectivity index (χ3n) is 3.13. The van der Waals surface area contributed by atoms with Crippen LogP contribution in [-0.2, 0) is 47.6 Å². The minimum absolute atomic E-state index is 0.0199. The molecule has 170 valence electrons. The van der Waals surface area contributed by atoms with Crippen molar-refractivity contribution in [2.75, 3.05) is 52.9 Å². The van der Waals surface area contributed by atoms with Crippen LogP contribution in [0.15, 0.2) is 24.3 Å². The van der Waals surface area contributed by atoms with Crippen LogP contribution in [0.3, 0.4) is 0 Å². The normalized spacial score (nSPS) is 10.1. The first kappa shape index (κ1) is 27.3. The van der Waals surface area contributed by atoms with Crippen LogP contribution in [0.5, 0.6) is 0 Å². The van der Waals surface area contributed by atoms with Crippen LogP contribution in [-0.4, -0.2) is 76.7 Å². The molecule has 0 aliphatic heterocycles. The van der Waals surface area contributed by atoms with Crippen molar-refractivity contribution in [3.8, 4) is 0 Å². The van der Waals surface area contributed by atoms with Crippen molar-refractivity contribution in [3.05, 3.63) is 24.3 Å². The van der Waals surface area contributed by atoms with E-state index in [9.17, 15) is 19.2 Å². The Morgan fingerprint density at radius 1 is 0.533 bits per heavy atom. The molecule has 0 saturated heterocycles. The number of ether oxygens (including phenoxy) is 6. The van der Waals surface area contributed by atoms with Crippen LogP contribution in [0.4, 0.5) is 0 Å². The van der Waals surface area contributed by atoms with Crippen molar-refractivity contribution in [2.24, 2.45) is 0 Å². The lowest BCUT2D eigenvalue weighted by molar-refractivity contribution is -0.152. The highest BCUT2D eigenvalue weighted by Gasteiger charge is 2.09. The fourth-order valence-electron chi connectivity index (χ4n) is 1.61. The Morgan fingerprint density at radius 3 is 1.13 bits per heavy atom. The highest BCUT2D eigenvalue weighted by Crippen LogP contribution is 1.97. The van der Waals surface area contributed by atoms with Gasteiger partial charge in [-0.2, -0.15) is 0 Å². The Bertz CT molecular complexity index is 544. The molecule has 0 rings (SSSR count). The zero-order valence-corrected chi connectivity index (χ0v) is 17.6. The van der Waals surface area contributed by atoms with E-state index in [1.807, 2.05) is 0 Å². The van der Waals surface area contributed by atoms with E-state index in [1.165, 1.54) is 0 Å². The Balaban J connectivity index is 3.50. The maximum Gasteiger partial charge on any atom is 0.333 e. The molecule has 10 nitrogen and oxygen atoms in total. The minimum Gasteiger partial charge on any atom is -0.463 e. The highest BCUT2D eigenvalue weighted by molar-refractivity contribution is 5.87. The van der Waals surface area contributed by atoms with Gasteiger partial charge in [0.2, 0.25) is 0 Å². The molecule has 0 aromatic carbocycles. The summed E-state index contributed by atoms with van der Waals surface area (Å²) in [5, 5.41) is 0. The average Bonchev–Trinajstić information content (AvgIpc) is 2.70. The van der Waals surface area contributed by atoms with Gasteiger partial charge in [0.05, 0.1) is 39.3 Å². The Labute approximate surface area is 176 Å². The highest BCUT2D eigenvalue weighted by atomic mass is 16.6. The molecule has 0 aliphatic carbocycles. The van der Waals surface area contributed by atoms with Crippen molar-refractivity contribution in [1.29, 1.82) is 0 Å². The lowest BCUT2D eigenvalue weighted by Crippen LogP contribution is -2.17. The summed E-state index contributed by atoms with van der Waals surface area (Å²) in [5.74, 6) is -2.10. The molecule has 30 heavy (non-hydrogen) atoms. The molecule has 0 fully saturated rings. The Kier molecular flexibility index (Phi) is 15.6. The van der Waals surface area contributed by atoms with Gasteiger partial charge in [-0.25, -0.2) is 9.59 Å². The number of rotatable bonds is 17. The van der Waals surface area contributed by atoms with Crippen LogP contribution in [0.2, 0.25) is 0 Å². The largest absolute Gasteiger partial charge is 0.463 e. The van der Waals surface area contributed by atoms with Crippen LogP contribution in [0, 0.1) is 0 Å². The third kappa shape index (κ3) is 16.3. The summed E-state index contributed by atoms with van der Waals surface area (Å²) < 4.78 is 29.7. The van der Waals surface area contributed by atoms with Crippen LogP contribution >= 0.6 is 0 Å². The molecule has 0 aromatic heterocycles. The van der Waals surface area contributed by atoms with E-state index in [-0.39, 0.29) is 65.7 Å². The van der Waals surface area contributed by atoms with Gasteiger partial charge in [-0.05, 0) is 13.8 Å². The fourth-order valence-corrected chi connectivity index (χ4v) is 1.61. The van der Waals surface area contributed by atoms with Gasteiger partial charge in [-0.15, -0.1) is 0 Å². The van der Waals surface area contributed by atoms with Gasteiger partial charge in [0.1, 0.15) is 26.4 Å². The van der Waals surface area contributed by atoms with E-state index in [4.69, 9.17) is 28.4 Å². The third-order valence-corrected chi connectivity index (χ3v) is 3.13. The predicted molar refractivity (Wildman–Crippen MR) is 104 cm³/mol. The number of carbonyl (C=O) groups excluding carboxylic acids is 4. The summed E-state index contributed by atoms with van der Waals surface area (Å²) >= 11 is 0. The first-order valence-corrected chi connectivity index (χ1v) is 9.36. The van der Waals surface area contributed by atoms with Crippen LogP contribution in [0.25, 0.3) is 0 Å². The maximum absolute atomic E-state index is 11.5. The van der Waals surface area contributed by atoms with Gasteiger partial charge in [0.25, 0.3) is 0 Å².